The third-order valence-corrected chi connectivity index (χ3v) is 5.77. The molecular formula is C18H32N4O2. The zero-order chi connectivity index (χ0) is 16.9. The van der Waals surface area contributed by atoms with Crippen molar-refractivity contribution >= 4 is 11.8 Å². The minimum Gasteiger partial charge on any atom is -0.339 e. The lowest BCUT2D eigenvalue weighted by Crippen LogP contribution is -2.56. The van der Waals surface area contributed by atoms with Gasteiger partial charge in [-0.15, -0.1) is 0 Å². The summed E-state index contributed by atoms with van der Waals surface area (Å²) in [4.78, 5) is 31.3. The number of piperidine rings is 2. The van der Waals surface area contributed by atoms with Crippen LogP contribution < -0.4 is 5.32 Å². The van der Waals surface area contributed by atoms with E-state index in [1.54, 1.807) is 0 Å². The molecule has 24 heavy (non-hydrogen) atoms. The van der Waals surface area contributed by atoms with Gasteiger partial charge in [-0.05, 0) is 45.6 Å². The number of hydrogen-bond acceptors (Lipinski definition) is 4. The highest BCUT2D eigenvalue weighted by molar-refractivity contribution is 5.82. The van der Waals surface area contributed by atoms with Crippen molar-refractivity contribution in [3.63, 3.8) is 0 Å². The molecule has 0 aromatic carbocycles. The summed E-state index contributed by atoms with van der Waals surface area (Å²) in [6.45, 7) is 7.65. The average Bonchev–Trinajstić information content (AvgIpc) is 2.63. The van der Waals surface area contributed by atoms with Gasteiger partial charge in [0.1, 0.15) is 0 Å². The van der Waals surface area contributed by atoms with Crippen LogP contribution in [0.3, 0.4) is 0 Å². The van der Waals surface area contributed by atoms with Crippen LogP contribution in [-0.2, 0) is 9.59 Å². The highest BCUT2D eigenvalue weighted by atomic mass is 16.2. The Morgan fingerprint density at radius 1 is 0.958 bits per heavy atom. The van der Waals surface area contributed by atoms with E-state index in [9.17, 15) is 9.59 Å². The molecule has 3 aliphatic heterocycles. The first-order chi connectivity index (χ1) is 11.6. The first-order valence-electron chi connectivity index (χ1n) is 9.69. The number of hydrogen-bond donors (Lipinski definition) is 1. The van der Waals surface area contributed by atoms with Crippen LogP contribution in [0.1, 0.15) is 45.4 Å². The largest absolute Gasteiger partial charge is 0.339 e. The van der Waals surface area contributed by atoms with Crippen LogP contribution in [0.15, 0.2) is 0 Å². The third-order valence-electron chi connectivity index (χ3n) is 5.77. The van der Waals surface area contributed by atoms with Crippen molar-refractivity contribution in [2.24, 2.45) is 0 Å². The predicted molar refractivity (Wildman–Crippen MR) is 93.7 cm³/mol. The van der Waals surface area contributed by atoms with Crippen molar-refractivity contribution in [1.82, 2.24) is 20.0 Å². The van der Waals surface area contributed by atoms with E-state index in [-0.39, 0.29) is 17.9 Å². The lowest BCUT2D eigenvalue weighted by atomic mass is 10.0. The summed E-state index contributed by atoms with van der Waals surface area (Å²) in [5.41, 5.74) is 0. The van der Waals surface area contributed by atoms with E-state index < -0.39 is 0 Å². The standard InChI is InChI=1S/C18H32N4O2/c1-15-6-3-5-9-22(15)17(23)14-20-10-12-21(13-11-20)18(24)16-7-2-4-8-19-16/h15-16,19H,2-14H2,1H3. The summed E-state index contributed by atoms with van der Waals surface area (Å²) >= 11 is 0. The number of carbonyl (C=O) groups is 2. The molecule has 0 aliphatic carbocycles. The maximum absolute atomic E-state index is 12.5. The fourth-order valence-electron chi connectivity index (χ4n) is 4.16. The van der Waals surface area contributed by atoms with Crippen LogP contribution in [0.4, 0.5) is 0 Å². The monoisotopic (exact) mass is 336 g/mol. The summed E-state index contributed by atoms with van der Waals surface area (Å²) in [6.07, 6.45) is 6.78. The molecule has 3 fully saturated rings. The first-order valence-corrected chi connectivity index (χ1v) is 9.69. The molecule has 6 heteroatoms. The lowest BCUT2D eigenvalue weighted by molar-refractivity contribution is -0.138. The van der Waals surface area contributed by atoms with Gasteiger partial charge < -0.3 is 15.1 Å². The van der Waals surface area contributed by atoms with Crippen molar-refractivity contribution in [2.75, 3.05) is 45.8 Å². The Bertz CT molecular complexity index is 442. The van der Waals surface area contributed by atoms with E-state index in [2.05, 4.69) is 17.1 Å². The number of nitrogens with one attached hydrogen (secondary N) is 1. The van der Waals surface area contributed by atoms with Crippen molar-refractivity contribution in [1.29, 1.82) is 0 Å². The van der Waals surface area contributed by atoms with Gasteiger partial charge in [-0.1, -0.05) is 6.42 Å². The van der Waals surface area contributed by atoms with Gasteiger partial charge in [0.2, 0.25) is 11.8 Å². The molecule has 0 aromatic heterocycles. The number of carbonyl (C=O) groups excluding carboxylic acids is 2. The molecule has 0 spiro atoms. The number of likely N-dealkylation sites (tertiary alicyclic amines) is 1. The molecule has 136 valence electrons. The second kappa shape index (κ2) is 8.30. The van der Waals surface area contributed by atoms with Crippen LogP contribution >= 0.6 is 0 Å². The number of amides is 2. The number of rotatable bonds is 3. The first kappa shape index (κ1) is 17.7. The summed E-state index contributed by atoms with van der Waals surface area (Å²) in [5, 5.41) is 3.34. The Kier molecular flexibility index (Phi) is 6.11. The molecule has 3 saturated heterocycles. The van der Waals surface area contributed by atoms with Crippen LogP contribution in [0.2, 0.25) is 0 Å². The van der Waals surface area contributed by atoms with Gasteiger partial charge in [-0.25, -0.2) is 0 Å². The topological polar surface area (TPSA) is 55.9 Å². The highest BCUT2D eigenvalue weighted by Gasteiger charge is 2.30. The quantitative estimate of drug-likeness (QED) is 0.823. The zero-order valence-corrected chi connectivity index (χ0v) is 15.0. The predicted octanol–water partition coefficient (Wildman–Crippen LogP) is 0.674. The van der Waals surface area contributed by atoms with Crippen molar-refractivity contribution in [3.8, 4) is 0 Å². The molecule has 0 radical (unpaired) electrons. The van der Waals surface area contributed by atoms with Crippen LogP contribution in [0.5, 0.6) is 0 Å². The van der Waals surface area contributed by atoms with Crippen LogP contribution in [0.25, 0.3) is 0 Å². The number of piperazine rings is 1. The Balaban J connectivity index is 1.43. The van der Waals surface area contributed by atoms with Crippen molar-refractivity contribution in [3.05, 3.63) is 0 Å². The van der Waals surface area contributed by atoms with Gasteiger partial charge in [0.15, 0.2) is 0 Å². The summed E-state index contributed by atoms with van der Waals surface area (Å²) in [5.74, 6) is 0.515. The maximum Gasteiger partial charge on any atom is 0.239 e. The van der Waals surface area contributed by atoms with E-state index in [4.69, 9.17) is 0 Å². The molecule has 2 atom stereocenters. The van der Waals surface area contributed by atoms with Gasteiger partial charge in [0.25, 0.3) is 0 Å². The maximum atomic E-state index is 12.5. The average molecular weight is 336 g/mol. The minimum atomic E-state index is 0.0149. The van der Waals surface area contributed by atoms with Crippen LogP contribution in [0, 0.1) is 0 Å². The Morgan fingerprint density at radius 3 is 2.38 bits per heavy atom. The molecule has 3 aliphatic rings. The third kappa shape index (κ3) is 4.28. The fraction of sp³-hybridized carbons (Fsp3) is 0.889. The smallest absolute Gasteiger partial charge is 0.239 e. The Hall–Kier alpha value is -1.14. The molecule has 3 heterocycles. The zero-order valence-electron chi connectivity index (χ0n) is 15.0. The Labute approximate surface area is 145 Å². The molecule has 2 unspecified atom stereocenters. The Morgan fingerprint density at radius 2 is 1.71 bits per heavy atom. The lowest BCUT2D eigenvalue weighted by Gasteiger charge is -2.39. The molecule has 6 nitrogen and oxygen atoms in total. The van der Waals surface area contributed by atoms with Gasteiger partial charge in [-0.2, -0.15) is 0 Å². The second-order valence-electron chi connectivity index (χ2n) is 7.54. The second-order valence-corrected chi connectivity index (χ2v) is 7.54. The molecular weight excluding hydrogens is 304 g/mol. The van der Waals surface area contributed by atoms with Gasteiger partial charge in [-0.3, -0.25) is 14.5 Å². The van der Waals surface area contributed by atoms with E-state index >= 15 is 0 Å². The van der Waals surface area contributed by atoms with Gasteiger partial charge >= 0.3 is 0 Å². The highest BCUT2D eigenvalue weighted by Crippen LogP contribution is 2.17. The molecule has 0 bridgehead atoms. The SMILES string of the molecule is CC1CCCCN1C(=O)CN1CCN(C(=O)C2CCCCN2)CC1. The van der Waals surface area contributed by atoms with E-state index in [1.165, 1.54) is 12.8 Å². The molecule has 0 saturated carbocycles. The van der Waals surface area contributed by atoms with Crippen molar-refractivity contribution in [2.45, 2.75) is 57.5 Å². The molecule has 0 aromatic rings. The summed E-state index contributed by atoms with van der Waals surface area (Å²) < 4.78 is 0. The summed E-state index contributed by atoms with van der Waals surface area (Å²) in [7, 11) is 0. The normalized spacial score (nSPS) is 29.5. The molecule has 1 N–H and O–H groups in total. The van der Waals surface area contributed by atoms with E-state index in [1.807, 2.05) is 9.80 Å². The molecule has 3 rings (SSSR count). The van der Waals surface area contributed by atoms with Crippen LogP contribution in [-0.4, -0.2) is 84.4 Å². The van der Waals surface area contributed by atoms with Gasteiger partial charge in [0.05, 0.1) is 12.6 Å². The minimum absolute atomic E-state index is 0.0149. The van der Waals surface area contributed by atoms with Crippen molar-refractivity contribution < 1.29 is 9.59 Å². The fourth-order valence-corrected chi connectivity index (χ4v) is 4.16. The number of nitrogens with zero attached hydrogens (tertiary/aromatic N) is 3. The van der Waals surface area contributed by atoms with E-state index in [0.717, 1.165) is 65.0 Å². The summed E-state index contributed by atoms with van der Waals surface area (Å²) in [6, 6.07) is 0.396. The van der Waals surface area contributed by atoms with E-state index in [0.29, 0.717) is 12.6 Å². The molecule has 2 amide bonds. The van der Waals surface area contributed by atoms with Gasteiger partial charge in [0, 0.05) is 38.8 Å².